The molecule has 0 radical (unpaired) electrons. The smallest absolute Gasteiger partial charge is 0.338 e. The Hall–Kier alpha value is -4.06. The fourth-order valence-electron chi connectivity index (χ4n) is 3.88. The number of hydrogen-bond acceptors (Lipinski definition) is 4. The first-order valence-electron chi connectivity index (χ1n) is 11.4. The van der Waals surface area contributed by atoms with Gasteiger partial charge < -0.3 is 20.1 Å². The quantitative estimate of drug-likeness (QED) is 0.348. The van der Waals surface area contributed by atoms with E-state index in [1.54, 1.807) is 6.92 Å². The highest BCUT2D eigenvalue weighted by molar-refractivity contribution is 5.95. The monoisotopic (exact) mass is 456 g/mol. The number of carbonyl (C=O) groups is 2. The first-order valence-corrected chi connectivity index (χ1v) is 11.4. The minimum absolute atomic E-state index is 0.160. The summed E-state index contributed by atoms with van der Waals surface area (Å²) in [6, 6.07) is 26.3. The van der Waals surface area contributed by atoms with Gasteiger partial charge in [0.15, 0.2) is 0 Å². The van der Waals surface area contributed by atoms with Crippen LogP contribution in [0.4, 0.5) is 4.79 Å². The maximum Gasteiger partial charge on any atom is 0.338 e. The van der Waals surface area contributed by atoms with Crippen molar-refractivity contribution in [2.24, 2.45) is 0 Å². The van der Waals surface area contributed by atoms with Crippen molar-refractivity contribution in [2.45, 2.75) is 32.4 Å². The Bertz CT molecular complexity index is 1140. The van der Waals surface area contributed by atoms with E-state index in [1.165, 1.54) is 5.56 Å². The summed E-state index contributed by atoms with van der Waals surface area (Å²) >= 11 is 0. The molecule has 1 unspecified atom stereocenters. The molecule has 0 aromatic heterocycles. The van der Waals surface area contributed by atoms with Crippen LogP contribution in [0, 0.1) is 0 Å². The van der Waals surface area contributed by atoms with Gasteiger partial charge in [-0.15, -0.1) is 0 Å². The van der Waals surface area contributed by atoms with Crippen LogP contribution in [0.2, 0.25) is 0 Å². The minimum Gasteiger partial charge on any atom is -0.494 e. The molecular formula is C28H28N2O4. The number of aryl methyl sites for hydroxylation is 1. The Balaban J connectivity index is 1.38. The van der Waals surface area contributed by atoms with Crippen molar-refractivity contribution in [3.8, 4) is 5.75 Å². The lowest BCUT2D eigenvalue weighted by Gasteiger charge is -2.28. The highest BCUT2D eigenvalue weighted by Crippen LogP contribution is 2.29. The summed E-state index contributed by atoms with van der Waals surface area (Å²) in [5, 5.41) is 5.50. The molecule has 34 heavy (non-hydrogen) atoms. The molecule has 0 spiro atoms. The first kappa shape index (κ1) is 23.1. The summed E-state index contributed by atoms with van der Waals surface area (Å²) in [5.41, 5.74) is 3.82. The summed E-state index contributed by atoms with van der Waals surface area (Å²) in [6.07, 6.45) is 1.87. The van der Waals surface area contributed by atoms with E-state index in [4.69, 9.17) is 9.47 Å². The topological polar surface area (TPSA) is 76.7 Å². The first-order chi connectivity index (χ1) is 16.6. The lowest BCUT2D eigenvalue weighted by atomic mass is 9.95. The average molecular weight is 457 g/mol. The number of ether oxygens (including phenoxy) is 2. The Morgan fingerprint density at radius 3 is 2.21 bits per heavy atom. The normalized spacial score (nSPS) is 15.3. The molecule has 2 amide bonds. The van der Waals surface area contributed by atoms with Crippen molar-refractivity contribution in [3.05, 3.63) is 113 Å². The molecule has 0 fully saturated rings. The van der Waals surface area contributed by atoms with E-state index in [1.807, 2.05) is 72.8 Å². The largest absolute Gasteiger partial charge is 0.494 e. The highest BCUT2D eigenvalue weighted by Gasteiger charge is 2.32. The molecule has 1 heterocycles. The summed E-state index contributed by atoms with van der Waals surface area (Å²) in [6.45, 7) is 2.47. The number of amides is 2. The highest BCUT2D eigenvalue weighted by atomic mass is 16.5. The number of benzene rings is 3. The molecule has 1 aliphatic rings. The molecule has 1 atom stereocenters. The maximum atomic E-state index is 12.9. The van der Waals surface area contributed by atoms with Gasteiger partial charge in [0, 0.05) is 5.70 Å². The molecule has 174 valence electrons. The average Bonchev–Trinajstić information content (AvgIpc) is 2.86. The van der Waals surface area contributed by atoms with E-state index in [2.05, 4.69) is 22.8 Å². The molecule has 4 rings (SSSR count). The Morgan fingerprint density at radius 2 is 1.53 bits per heavy atom. The van der Waals surface area contributed by atoms with E-state index in [0.29, 0.717) is 17.9 Å². The SMILES string of the molecule is CC1=C(C(=O)OCc2ccccc2)C(c2ccc(OCCCc3ccccc3)cc2)NC(=O)N1. The van der Waals surface area contributed by atoms with E-state index in [9.17, 15) is 9.59 Å². The van der Waals surface area contributed by atoms with Crippen molar-refractivity contribution in [3.63, 3.8) is 0 Å². The summed E-state index contributed by atoms with van der Waals surface area (Å²) in [4.78, 5) is 25.1. The molecule has 3 aromatic carbocycles. The number of carbonyl (C=O) groups excluding carboxylic acids is 2. The lowest BCUT2D eigenvalue weighted by molar-refractivity contribution is -0.140. The van der Waals surface area contributed by atoms with Crippen LogP contribution in [0.1, 0.15) is 36.1 Å². The zero-order valence-corrected chi connectivity index (χ0v) is 19.1. The van der Waals surface area contributed by atoms with Gasteiger partial charge in [-0.2, -0.15) is 0 Å². The van der Waals surface area contributed by atoms with Crippen molar-refractivity contribution in [1.82, 2.24) is 10.6 Å². The van der Waals surface area contributed by atoms with E-state index < -0.39 is 12.0 Å². The number of allylic oxidation sites excluding steroid dienone is 1. The van der Waals surface area contributed by atoms with Gasteiger partial charge in [0.25, 0.3) is 0 Å². The number of hydrogen-bond donors (Lipinski definition) is 2. The number of nitrogens with one attached hydrogen (secondary N) is 2. The van der Waals surface area contributed by atoms with Crippen LogP contribution < -0.4 is 15.4 Å². The fraction of sp³-hybridized carbons (Fsp3) is 0.214. The standard InChI is InChI=1S/C28H28N2O4/c1-20-25(27(31)34-19-22-11-6-3-7-12-22)26(30-28(32)29-20)23-14-16-24(17-15-23)33-18-8-13-21-9-4-2-5-10-21/h2-7,9-12,14-17,26H,8,13,18-19H2,1H3,(H2,29,30,32). The Kier molecular flexibility index (Phi) is 7.60. The molecule has 1 aliphatic heterocycles. The second-order valence-electron chi connectivity index (χ2n) is 8.14. The zero-order chi connectivity index (χ0) is 23.8. The van der Waals surface area contributed by atoms with Crippen LogP contribution in [0.5, 0.6) is 5.75 Å². The molecular weight excluding hydrogens is 428 g/mol. The predicted molar refractivity (Wildman–Crippen MR) is 130 cm³/mol. The van der Waals surface area contributed by atoms with E-state index >= 15 is 0 Å². The van der Waals surface area contributed by atoms with Gasteiger partial charge in [0.2, 0.25) is 0 Å². The molecule has 2 N–H and O–H groups in total. The van der Waals surface area contributed by atoms with E-state index in [0.717, 1.165) is 29.7 Å². The lowest BCUT2D eigenvalue weighted by Crippen LogP contribution is -2.45. The third kappa shape index (κ3) is 6.04. The minimum atomic E-state index is -0.607. The van der Waals surface area contributed by atoms with Crippen molar-refractivity contribution in [1.29, 1.82) is 0 Å². The summed E-state index contributed by atoms with van der Waals surface area (Å²) in [5.74, 6) is 0.270. The van der Waals surface area contributed by atoms with E-state index in [-0.39, 0.29) is 12.6 Å². The zero-order valence-electron chi connectivity index (χ0n) is 19.1. The van der Waals surface area contributed by atoms with Crippen LogP contribution >= 0.6 is 0 Å². The number of esters is 1. The van der Waals surface area contributed by atoms with Gasteiger partial charge in [-0.25, -0.2) is 9.59 Å². The molecule has 0 aliphatic carbocycles. The molecule has 6 nitrogen and oxygen atoms in total. The third-order valence-corrected chi connectivity index (χ3v) is 5.64. The van der Waals surface area contributed by atoms with Crippen LogP contribution in [0.15, 0.2) is 96.2 Å². The predicted octanol–water partition coefficient (Wildman–Crippen LogP) is 5.07. The third-order valence-electron chi connectivity index (χ3n) is 5.64. The van der Waals surface area contributed by atoms with Crippen LogP contribution in [0.3, 0.4) is 0 Å². The molecule has 0 bridgehead atoms. The maximum absolute atomic E-state index is 12.9. The van der Waals surface area contributed by atoms with Gasteiger partial charge in [-0.1, -0.05) is 72.8 Å². The van der Waals surface area contributed by atoms with Crippen molar-refractivity contribution < 1.29 is 19.1 Å². The second kappa shape index (κ2) is 11.2. The van der Waals surface area contributed by atoms with Crippen molar-refractivity contribution >= 4 is 12.0 Å². The van der Waals surface area contributed by atoms with Crippen LogP contribution in [0.25, 0.3) is 0 Å². The fourth-order valence-corrected chi connectivity index (χ4v) is 3.88. The molecule has 3 aromatic rings. The van der Waals surface area contributed by atoms with Gasteiger partial charge in [-0.3, -0.25) is 0 Å². The second-order valence-corrected chi connectivity index (χ2v) is 8.14. The van der Waals surface area contributed by atoms with Crippen LogP contribution in [-0.4, -0.2) is 18.6 Å². The number of urea groups is 1. The van der Waals surface area contributed by atoms with Gasteiger partial charge in [0.05, 0.1) is 18.2 Å². The van der Waals surface area contributed by atoms with Crippen molar-refractivity contribution in [2.75, 3.05) is 6.61 Å². The van der Waals surface area contributed by atoms with Gasteiger partial charge in [0.1, 0.15) is 12.4 Å². The summed E-state index contributed by atoms with van der Waals surface area (Å²) in [7, 11) is 0. The van der Waals surface area contributed by atoms with Gasteiger partial charge >= 0.3 is 12.0 Å². The number of rotatable bonds is 9. The molecule has 0 saturated heterocycles. The molecule has 6 heteroatoms. The Morgan fingerprint density at radius 1 is 0.882 bits per heavy atom. The molecule has 0 saturated carbocycles. The Labute approximate surface area is 199 Å². The van der Waals surface area contributed by atoms with Crippen LogP contribution in [-0.2, 0) is 22.6 Å². The summed E-state index contributed by atoms with van der Waals surface area (Å²) < 4.78 is 11.4. The van der Waals surface area contributed by atoms with Gasteiger partial charge in [-0.05, 0) is 48.6 Å².